The van der Waals surface area contributed by atoms with Gasteiger partial charge in [-0.1, -0.05) is 35.5 Å². The van der Waals surface area contributed by atoms with Crippen LogP contribution in [0.2, 0.25) is 0 Å². The maximum atomic E-state index is 12.7. The minimum atomic E-state index is -0.206. The van der Waals surface area contributed by atoms with Gasteiger partial charge in [0, 0.05) is 41.0 Å². The number of hydrogen-bond donors (Lipinski definition) is 2. The van der Waals surface area contributed by atoms with Crippen LogP contribution in [0.5, 0.6) is 0 Å². The van der Waals surface area contributed by atoms with Gasteiger partial charge in [0.2, 0.25) is 11.9 Å². The molecule has 0 aliphatic rings. The summed E-state index contributed by atoms with van der Waals surface area (Å²) in [5.41, 5.74) is 6.99. The Morgan fingerprint density at radius 2 is 1.81 bits per heavy atom. The first-order valence-corrected chi connectivity index (χ1v) is 13.5. The molecule has 0 saturated heterocycles. The quantitative estimate of drug-likeness (QED) is 0.215. The van der Waals surface area contributed by atoms with Crippen molar-refractivity contribution in [1.29, 1.82) is 0 Å². The lowest BCUT2D eigenvalue weighted by Gasteiger charge is -2.09. The van der Waals surface area contributed by atoms with Crippen molar-refractivity contribution in [3.8, 4) is 33.8 Å². The van der Waals surface area contributed by atoms with E-state index in [4.69, 9.17) is 19.0 Å². The molecule has 0 fully saturated rings. The Labute approximate surface area is 245 Å². The Hall–Kier alpha value is -6.10. The molecular formula is C32H24N8O3. The van der Waals surface area contributed by atoms with Crippen LogP contribution in [0, 0.1) is 6.92 Å². The third-order valence-corrected chi connectivity index (χ3v) is 6.72. The number of oxazole rings is 1. The van der Waals surface area contributed by atoms with Gasteiger partial charge in [-0.15, -0.1) is 0 Å². The highest BCUT2D eigenvalue weighted by Gasteiger charge is 2.19. The predicted molar refractivity (Wildman–Crippen MR) is 160 cm³/mol. The number of benzene rings is 2. The van der Waals surface area contributed by atoms with E-state index in [1.165, 1.54) is 6.39 Å². The van der Waals surface area contributed by atoms with Gasteiger partial charge in [0.1, 0.15) is 11.5 Å². The molecule has 7 rings (SSSR count). The number of hydrogen-bond acceptors (Lipinski definition) is 9. The number of carbonyl (C=O) groups is 1. The van der Waals surface area contributed by atoms with Gasteiger partial charge in [-0.05, 0) is 49.4 Å². The number of nitrogens with zero attached hydrogens (tertiary/aromatic N) is 6. The SMILES string of the molecule is Cc1cc(CC(=O)Nc2cccc(-c3nn4ccccc4c3-c3ccnc(Nc4cccc(-c5cnco5)c4)n3)c2)on1. The van der Waals surface area contributed by atoms with Gasteiger partial charge in [-0.3, -0.25) is 4.79 Å². The second kappa shape index (κ2) is 11.1. The largest absolute Gasteiger partial charge is 0.444 e. The van der Waals surface area contributed by atoms with Gasteiger partial charge in [-0.25, -0.2) is 19.5 Å². The standard InChI is InChI=1S/C32H24N8O3/c1-20-14-25(43-39-20)17-29(41)35-23-8-5-7-22(16-23)31-30(27-10-2-3-13-40(27)38-31)26-11-12-34-32(37-26)36-24-9-4-6-21(15-24)28-18-33-19-42-28/h2-16,18-19H,17H2,1H3,(H,35,41)(H,34,36,37). The molecule has 11 nitrogen and oxygen atoms in total. The number of aromatic nitrogens is 6. The van der Waals surface area contributed by atoms with E-state index >= 15 is 0 Å². The number of nitrogens with one attached hydrogen (secondary N) is 2. The van der Waals surface area contributed by atoms with Gasteiger partial charge in [0.05, 0.1) is 35.1 Å². The number of amides is 1. The van der Waals surface area contributed by atoms with Gasteiger partial charge in [-0.2, -0.15) is 5.10 Å². The summed E-state index contributed by atoms with van der Waals surface area (Å²) in [6.07, 6.45) is 6.76. The highest BCUT2D eigenvalue weighted by atomic mass is 16.5. The normalized spacial score (nSPS) is 11.1. The van der Waals surface area contributed by atoms with Crippen LogP contribution in [0.4, 0.5) is 17.3 Å². The number of carbonyl (C=O) groups excluding carboxylic acids is 1. The molecule has 7 aromatic rings. The Bertz CT molecular complexity index is 2060. The molecule has 2 aromatic carbocycles. The van der Waals surface area contributed by atoms with Crippen molar-refractivity contribution in [2.45, 2.75) is 13.3 Å². The Morgan fingerprint density at radius 3 is 2.65 bits per heavy atom. The third-order valence-electron chi connectivity index (χ3n) is 6.72. The van der Waals surface area contributed by atoms with Crippen molar-refractivity contribution in [3.63, 3.8) is 0 Å². The summed E-state index contributed by atoms with van der Waals surface area (Å²) in [5.74, 6) is 1.40. The summed E-state index contributed by atoms with van der Waals surface area (Å²) >= 11 is 0. The monoisotopic (exact) mass is 568 g/mol. The van der Waals surface area contributed by atoms with Crippen LogP contribution < -0.4 is 10.6 Å². The van der Waals surface area contributed by atoms with E-state index in [0.717, 1.165) is 33.6 Å². The van der Waals surface area contributed by atoms with Gasteiger partial charge < -0.3 is 19.6 Å². The molecule has 0 aliphatic carbocycles. The Balaban J connectivity index is 1.21. The van der Waals surface area contributed by atoms with Crippen molar-refractivity contribution in [1.82, 2.24) is 29.7 Å². The summed E-state index contributed by atoms with van der Waals surface area (Å²) in [7, 11) is 0. The molecule has 1 amide bonds. The zero-order valence-corrected chi connectivity index (χ0v) is 22.9. The molecule has 5 aromatic heterocycles. The molecule has 11 heteroatoms. The first-order chi connectivity index (χ1) is 21.1. The minimum absolute atomic E-state index is 0.0860. The van der Waals surface area contributed by atoms with E-state index in [-0.39, 0.29) is 12.3 Å². The second-order valence-corrected chi connectivity index (χ2v) is 9.83. The van der Waals surface area contributed by atoms with Gasteiger partial charge in [0.15, 0.2) is 12.2 Å². The fourth-order valence-corrected chi connectivity index (χ4v) is 4.86. The van der Waals surface area contributed by atoms with E-state index in [1.54, 1.807) is 18.5 Å². The van der Waals surface area contributed by atoms with Gasteiger partial charge >= 0.3 is 0 Å². The number of aryl methyl sites for hydroxylation is 1. The van der Waals surface area contributed by atoms with Crippen LogP contribution in [0.1, 0.15) is 11.5 Å². The van der Waals surface area contributed by atoms with Crippen LogP contribution in [-0.4, -0.2) is 35.6 Å². The lowest BCUT2D eigenvalue weighted by molar-refractivity contribution is -0.115. The summed E-state index contributed by atoms with van der Waals surface area (Å²) in [4.78, 5) is 26.0. The van der Waals surface area contributed by atoms with Crippen LogP contribution in [0.15, 0.2) is 113 Å². The van der Waals surface area contributed by atoms with Crippen molar-refractivity contribution < 1.29 is 13.7 Å². The molecule has 5 heterocycles. The highest BCUT2D eigenvalue weighted by molar-refractivity contribution is 5.95. The summed E-state index contributed by atoms with van der Waals surface area (Å²) < 4.78 is 12.4. The van der Waals surface area contributed by atoms with Crippen molar-refractivity contribution >= 4 is 28.7 Å². The number of pyridine rings is 1. The number of rotatable bonds is 8. The smallest absolute Gasteiger partial charge is 0.232 e. The lowest BCUT2D eigenvalue weighted by Crippen LogP contribution is -2.14. The maximum absolute atomic E-state index is 12.7. The third kappa shape index (κ3) is 5.46. The predicted octanol–water partition coefficient (Wildman–Crippen LogP) is 6.33. The zero-order valence-electron chi connectivity index (χ0n) is 22.9. The van der Waals surface area contributed by atoms with Crippen LogP contribution in [0.25, 0.3) is 39.4 Å². The summed E-state index contributed by atoms with van der Waals surface area (Å²) in [6.45, 7) is 1.81. The van der Waals surface area contributed by atoms with Crippen LogP contribution >= 0.6 is 0 Å². The second-order valence-electron chi connectivity index (χ2n) is 9.83. The Morgan fingerprint density at radius 1 is 0.953 bits per heavy atom. The topological polar surface area (TPSA) is 136 Å². The van der Waals surface area contributed by atoms with E-state index in [0.29, 0.717) is 34.5 Å². The van der Waals surface area contributed by atoms with E-state index < -0.39 is 0 Å². The minimum Gasteiger partial charge on any atom is -0.444 e. The summed E-state index contributed by atoms with van der Waals surface area (Å²) in [5, 5.41) is 15.0. The Kier molecular flexibility index (Phi) is 6.64. The van der Waals surface area contributed by atoms with E-state index in [1.807, 2.05) is 90.4 Å². The molecule has 0 saturated carbocycles. The summed E-state index contributed by atoms with van der Waals surface area (Å²) in [6, 6.07) is 24.8. The maximum Gasteiger partial charge on any atom is 0.232 e. The van der Waals surface area contributed by atoms with Crippen molar-refractivity contribution in [3.05, 3.63) is 115 Å². The number of anilines is 3. The molecule has 43 heavy (non-hydrogen) atoms. The molecule has 0 spiro atoms. The molecule has 2 N–H and O–H groups in total. The molecule has 0 radical (unpaired) electrons. The first kappa shape index (κ1) is 25.8. The van der Waals surface area contributed by atoms with Crippen molar-refractivity contribution in [2.24, 2.45) is 0 Å². The molecule has 0 atom stereocenters. The van der Waals surface area contributed by atoms with Crippen molar-refractivity contribution in [2.75, 3.05) is 10.6 Å². The molecule has 210 valence electrons. The average molecular weight is 569 g/mol. The van der Waals surface area contributed by atoms with Crippen LogP contribution in [-0.2, 0) is 11.2 Å². The van der Waals surface area contributed by atoms with Crippen LogP contribution in [0.3, 0.4) is 0 Å². The highest BCUT2D eigenvalue weighted by Crippen LogP contribution is 2.35. The number of fused-ring (bicyclic) bond motifs is 1. The lowest BCUT2D eigenvalue weighted by atomic mass is 10.0. The fourth-order valence-electron chi connectivity index (χ4n) is 4.86. The molecule has 0 unspecified atom stereocenters. The average Bonchev–Trinajstić information content (AvgIpc) is 3.78. The van der Waals surface area contributed by atoms with E-state index in [9.17, 15) is 4.79 Å². The molecule has 0 aliphatic heterocycles. The zero-order chi connectivity index (χ0) is 29.2. The molecular weight excluding hydrogens is 544 g/mol. The van der Waals surface area contributed by atoms with Gasteiger partial charge in [0.25, 0.3) is 0 Å². The van der Waals surface area contributed by atoms with E-state index in [2.05, 4.69) is 25.8 Å². The fraction of sp³-hybridized carbons (Fsp3) is 0.0625. The first-order valence-electron chi connectivity index (χ1n) is 13.5. The molecule has 0 bridgehead atoms.